The Bertz CT molecular complexity index is 1050. The SMILES string of the molecule is Cc1cc(NC(=O)c2cccc3cnc(NC4CCC(O)CC4)nc23)n(C(C)C)n1. The van der Waals surface area contributed by atoms with E-state index in [-0.39, 0.29) is 24.1 Å². The summed E-state index contributed by atoms with van der Waals surface area (Å²) in [5, 5.41) is 21.3. The van der Waals surface area contributed by atoms with Gasteiger partial charge in [-0.1, -0.05) is 12.1 Å². The molecule has 1 aliphatic rings. The van der Waals surface area contributed by atoms with Gasteiger partial charge in [0.25, 0.3) is 5.91 Å². The molecule has 3 N–H and O–H groups in total. The molecule has 1 amide bonds. The summed E-state index contributed by atoms with van der Waals surface area (Å²) in [7, 11) is 0. The number of nitrogens with zero attached hydrogens (tertiary/aromatic N) is 4. The van der Waals surface area contributed by atoms with Gasteiger partial charge < -0.3 is 15.7 Å². The molecular weight excluding hydrogens is 380 g/mol. The number of carbonyl (C=O) groups is 1. The average molecular weight is 409 g/mol. The first-order chi connectivity index (χ1) is 14.4. The Labute approximate surface area is 175 Å². The number of aliphatic hydroxyl groups excluding tert-OH is 1. The smallest absolute Gasteiger partial charge is 0.259 e. The van der Waals surface area contributed by atoms with Gasteiger partial charge >= 0.3 is 0 Å². The summed E-state index contributed by atoms with van der Waals surface area (Å²) < 4.78 is 1.80. The zero-order valence-corrected chi connectivity index (χ0v) is 17.6. The van der Waals surface area contributed by atoms with E-state index in [1.807, 2.05) is 39.0 Å². The number of fused-ring (bicyclic) bond motifs is 1. The zero-order chi connectivity index (χ0) is 21.3. The molecule has 8 nitrogen and oxygen atoms in total. The minimum Gasteiger partial charge on any atom is -0.393 e. The second kappa shape index (κ2) is 8.39. The lowest BCUT2D eigenvalue weighted by molar-refractivity contribution is 0.102. The molecule has 1 fully saturated rings. The summed E-state index contributed by atoms with van der Waals surface area (Å²) in [6.07, 6.45) is 4.84. The standard InChI is InChI=1S/C22H28N6O2/c1-13(2)28-19(11-14(3)27-28)25-21(30)18-6-4-5-15-12-23-22(26-20(15)18)24-16-7-9-17(29)10-8-16/h4-6,11-13,16-17,29H,7-10H2,1-3H3,(H,25,30)(H,23,24,26). The lowest BCUT2D eigenvalue weighted by atomic mass is 9.93. The second-order valence-corrected chi connectivity index (χ2v) is 8.25. The van der Waals surface area contributed by atoms with Crippen LogP contribution in [0.15, 0.2) is 30.5 Å². The van der Waals surface area contributed by atoms with Crippen molar-refractivity contribution in [2.75, 3.05) is 10.6 Å². The molecule has 30 heavy (non-hydrogen) atoms. The van der Waals surface area contributed by atoms with E-state index < -0.39 is 0 Å². The molecule has 0 radical (unpaired) electrons. The molecule has 1 saturated carbocycles. The number of hydrogen-bond donors (Lipinski definition) is 3. The van der Waals surface area contributed by atoms with Crippen LogP contribution in [0.5, 0.6) is 0 Å². The van der Waals surface area contributed by atoms with E-state index in [2.05, 4.69) is 25.7 Å². The third-order valence-electron chi connectivity index (χ3n) is 5.47. The van der Waals surface area contributed by atoms with Gasteiger partial charge in [0.15, 0.2) is 0 Å². The largest absolute Gasteiger partial charge is 0.393 e. The highest BCUT2D eigenvalue weighted by atomic mass is 16.3. The van der Waals surface area contributed by atoms with Gasteiger partial charge in [0.05, 0.1) is 22.9 Å². The normalized spacial score (nSPS) is 19.2. The Morgan fingerprint density at radius 2 is 2.00 bits per heavy atom. The van der Waals surface area contributed by atoms with Gasteiger partial charge in [0.2, 0.25) is 5.95 Å². The number of aliphatic hydroxyl groups is 1. The number of hydrogen-bond acceptors (Lipinski definition) is 6. The fourth-order valence-corrected chi connectivity index (χ4v) is 3.90. The molecule has 0 spiro atoms. The Morgan fingerprint density at radius 1 is 1.23 bits per heavy atom. The second-order valence-electron chi connectivity index (χ2n) is 8.25. The van der Waals surface area contributed by atoms with Crippen LogP contribution in [0.25, 0.3) is 10.9 Å². The summed E-state index contributed by atoms with van der Waals surface area (Å²) >= 11 is 0. The van der Waals surface area contributed by atoms with Crippen molar-refractivity contribution in [2.45, 2.75) is 64.6 Å². The number of aryl methyl sites for hydroxylation is 1. The van der Waals surface area contributed by atoms with E-state index in [0.717, 1.165) is 36.8 Å². The fraction of sp³-hybridized carbons (Fsp3) is 0.455. The van der Waals surface area contributed by atoms with Crippen molar-refractivity contribution in [1.82, 2.24) is 19.7 Å². The monoisotopic (exact) mass is 408 g/mol. The van der Waals surface area contributed by atoms with Crippen molar-refractivity contribution in [3.8, 4) is 0 Å². The molecule has 0 atom stereocenters. The maximum absolute atomic E-state index is 13.1. The molecule has 0 unspecified atom stereocenters. The highest BCUT2D eigenvalue weighted by Gasteiger charge is 2.21. The molecule has 2 aromatic heterocycles. The number of para-hydroxylation sites is 1. The van der Waals surface area contributed by atoms with Gasteiger partial charge in [0.1, 0.15) is 5.82 Å². The number of aromatic nitrogens is 4. The van der Waals surface area contributed by atoms with Crippen molar-refractivity contribution in [3.05, 3.63) is 41.7 Å². The third-order valence-corrected chi connectivity index (χ3v) is 5.47. The molecule has 1 aromatic carbocycles. The molecular formula is C22H28N6O2. The number of benzene rings is 1. The summed E-state index contributed by atoms with van der Waals surface area (Å²) in [5.41, 5.74) is 1.95. The predicted octanol–water partition coefficient (Wildman–Crippen LogP) is 3.68. The van der Waals surface area contributed by atoms with Gasteiger partial charge in [0, 0.05) is 29.7 Å². The molecule has 0 aliphatic heterocycles. The zero-order valence-electron chi connectivity index (χ0n) is 17.6. The topological polar surface area (TPSA) is 105 Å². The van der Waals surface area contributed by atoms with Gasteiger partial charge in [-0.3, -0.25) is 4.79 Å². The molecule has 4 rings (SSSR count). The van der Waals surface area contributed by atoms with Crippen molar-refractivity contribution in [3.63, 3.8) is 0 Å². The van der Waals surface area contributed by atoms with E-state index in [1.165, 1.54) is 0 Å². The first-order valence-corrected chi connectivity index (χ1v) is 10.5. The van der Waals surface area contributed by atoms with Crippen molar-refractivity contribution in [1.29, 1.82) is 0 Å². The van der Waals surface area contributed by atoms with Gasteiger partial charge in [-0.05, 0) is 52.5 Å². The van der Waals surface area contributed by atoms with Crippen LogP contribution in [0.2, 0.25) is 0 Å². The summed E-state index contributed by atoms with van der Waals surface area (Å²) in [6, 6.07) is 7.73. The van der Waals surface area contributed by atoms with Crippen LogP contribution in [0.4, 0.5) is 11.8 Å². The van der Waals surface area contributed by atoms with E-state index in [0.29, 0.717) is 22.8 Å². The molecule has 3 aromatic rings. The van der Waals surface area contributed by atoms with Gasteiger partial charge in [-0.25, -0.2) is 14.6 Å². The van der Waals surface area contributed by atoms with Gasteiger partial charge in [-0.2, -0.15) is 5.10 Å². The number of carbonyl (C=O) groups excluding carboxylic acids is 1. The number of rotatable bonds is 5. The maximum atomic E-state index is 13.1. The fourth-order valence-electron chi connectivity index (χ4n) is 3.90. The molecule has 2 heterocycles. The number of amides is 1. The van der Waals surface area contributed by atoms with E-state index in [9.17, 15) is 9.90 Å². The van der Waals surface area contributed by atoms with E-state index in [1.54, 1.807) is 16.9 Å². The lowest BCUT2D eigenvalue weighted by Crippen LogP contribution is -2.29. The Kier molecular flexibility index (Phi) is 5.67. The summed E-state index contributed by atoms with van der Waals surface area (Å²) in [4.78, 5) is 22.1. The Hall–Kier alpha value is -3.00. The minimum atomic E-state index is -0.229. The van der Waals surface area contributed by atoms with Crippen molar-refractivity contribution < 1.29 is 9.90 Å². The van der Waals surface area contributed by atoms with Crippen LogP contribution in [0.1, 0.15) is 61.6 Å². The minimum absolute atomic E-state index is 0.133. The van der Waals surface area contributed by atoms with Crippen LogP contribution in [-0.2, 0) is 0 Å². The predicted molar refractivity (Wildman–Crippen MR) is 117 cm³/mol. The summed E-state index contributed by atoms with van der Waals surface area (Å²) in [6.45, 7) is 5.95. The Balaban J connectivity index is 1.60. The molecule has 158 valence electrons. The first kappa shape index (κ1) is 20.3. The highest BCUT2D eigenvalue weighted by Crippen LogP contribution is 2.24. The van der Waals surface area contributed by atoms with Crippen LogP contribution in [-0.4, -0.2) is 42.9 Å². The summed E-state index contributed by atoms with van der Waals surface area (Å²) in [5.74, 6) is 0.942. The molecule has 0 saturated heterocycles. The average Bonchev–Trinajstić information content (AvgIpc) is 3.09. The third kappa shape index (κ3) is 4.28. The maximum Gasteiger partial charge on any atom is 0.259 e. The number of anilines is 2. The molecule has 8 heteroatoms. The molecule has 1 aliphatic carbocycles. The van der Waals surface area contributed by atoms with Crippen LogP contribution >= 0.6 is 0 Å². The van der Waals surface area contributed by atoms with E-state index >= 15 is 0 Å². The van der Waals surface area contributed by atoms with Crippen LogP contribution in [0.3, 0.4) is 0 Å². The van der Waals surface area contributed by atoms with Crippen LogP contribution in [0, 0.1) is 6.92 Å². The van der Waals surface area contributed by atoms with Crippen molar-refractivity contribution in [2.24, 2.45) is 0 Å². The quantitative estimate of drug-likeness (QED) is 0.595. The van der Waals surface area contributed by atoms with E-state index in [4.69, 9.17) is 0 Å². The first-order valence-electron chi connectivity index (χ1n) is 10.5. The lowest BCUT2D eigenvalue weighted by Gasteiger charge is -2.26. The molecule has 0 bridgehead atoms. The van der Waals surface area contributed by atoms with Gasteiger partial charge in [-0.15, -0.1) is 0 Å². The highest BCUT2D eigenvalue weighted by molar-refractivity contribution is 6.11. The Morgan fingerprint density at radius 3 is 2.73 bits per heavy atom. The number of nitrogens with one attached hydrogen (secondary N) is 2. The van der Waals surface area contributed by atoms with Crippen molar-refractivity contribution >= 4 is 28.6 Å². The van der Waals surface area contributed by atoms with Crippen LogP contribution < -0.4 is 10.6 Å².